The molecular weight excluding hydrogens is 294 g/mol. The van der Waals surface area contributed by atoms with E-state index in [9.17, 15) is 0 Å². The molecule has 2 aromatic rings. The van der Waals surface area contributed by atoms with Crippen molar-refractivity contribution in [2.45, 2.75) is 26.4 Å². The molecule has 0 fully saturated rings. The number of unbranched alkanes of at least 4 members (excludes halogenated alkanes) is 1. The Hall–Kier alpha value is -1.51. The monoisotopic (exact) mass is 317 g/mol. The highest BCUT2D eigenvalue weighted by molar-refractivity contribution is 6.30. The predicted octanol–water partition coefficient (Wildman–Crippen LogP) is 5.16. The molecule has 0 unspecified atom stereocenters. The first-order chi connectivity index (χ1) is 10.8. The van der Waals surface area contributed by atoms with E-state index in [1.54, 1.807) is 0 Å². The molecule has 0 aliphatic heterocycles. The quantitative estimate of drug-likeness (QED) is 0.592. The first-order valence-electron chi connectivity index (χ1n) is 7.92. The average molecular weight is 318 g/mol. The van der Waals surface area contributed by atoms with Gasteiger partial charge in [-0.2, -0.15) is 0 Å². The van der Waals surface area contributed by atoms with Crippen LogP contribution in [0.25, 0.3) is 0 Å². The van der Waals surface area contributed by atoms with Gasteiger partial charge in [0.2, 0.25) is 0 Å². The topological polar surface area (TPSA) is 12.5 Å². The second-order valence-electron chi connectivity index (χ2n) is 5.36. The van der Waals surface area contributed by atoms with Gasteiger partial charge in [0, 0.05) is 23.8 Å². The number of anilines is 1. The summed E-state index contributed by atoms with van der Waals surface area (Å²) in [7, 11) is 0. The van der Waals surface area contributed by atoms with Crippen molar-refractivity contribution in [3.8, 4) is 0 Å². The Balaban J connectivity index is 1.84. The van der Waals surface area contributed by atoms with Crippen LogP contribution in [0.1, 0.15) is 25.3 Å². The molecule has 0 aromatic heterocycles. The molecule has 2 nitrogen and oxygen atoms in total. The van der Waals surface area contributed by atoms with Crippen LogP contribution in [0.2, 0.25) is 5.02 Å². The number of halogens is 1. The van der Waals surface area contributed by atoms with E-state index >= 15 is 0 Å². The Bertz CT molecular complexity index is 544. The SMILES string of the molecule is CCCCN(CCOCc1ccccc1)c1cccc(Cl)c1. The van der Waals surface area contributed by atoms with Gasteiger partial charge in [0.05, 0.1) is 13.2 Å². The largest absolute Gasteiger partial charge is 0.375 e. The highest BCUT2D eigenvalue weighted by atomic mass is 35.5. The maximum Gasteiger partial charge on any atom is 0.0717 e. The van der Waals surface area contributed by atoms with Crippen LogP contribution in [0.3, 0.4) is 0 Å². The van der Waals surface area contributed by atoms with E-state index in [0.29, 0.717) is 13.2 Å². The van der Waals surface area contributed by atoms with Crippen molar-refractivity contribution in [3.63, 3.8) is 0 Å². The Morgan fingerprint density at radius 3 is 2.55 bits per heavy atom. The van der Waals surface area contributed by atoms with Crippen LogP contribution >= 0.6 is 11.6 Å². The summed E-state index contributed by atoms with van der Waals surface area (Å²) in [6.45, 7) is 5.50. The van der Waals surface area contributed by atoms with Gasteiger partial charge in [-0.15, -0.1) is 0 Å². The fourth-order valence-corrected chi connectivity index (χ4v) is 2.52. The summed E-state index contributed by atoms with van der Waals surface area (Å²) in [6, 6.07) is 18.3. The van der Waals surface area contributed by atoms with E-state index in [2.05, 4.69) is 30.0 Å². The van der Waals surface area contributed by atoms with Crippen molar-refractivity contribution in [2.75, 3.05) is 24.6 Å². The van der Waals surface area contributed by atoms with E-state index in [4.69, 9.17) is 16.3 Å². The molecule has 118 valence electrons. The molecule has 0 saturated carbocycles. The molecule has 0 aliphatic carbocycles. The van der Waals surface area contributed by atoms with Crippen LogP contribution < -0.4 is 4.90 Å². The predicted molar refractivity (Wildman–Crippen MR) is 94.7 cm³/mol. The van der Waals surface area contributed by atoms with Crippen molar-refractivity contribution in [1.29, 1.82) is 0 Å². The number of nitrogens with zero attached hydrogens (tertiary/aromatic N) is 1. The third kappa shape index (κ3) is 5.70. The van der Waals surface area contributed by atoms with Crippen LogP contribution in [0.5, 0.6) is 0 Å². The van der Waals surface area contributed by atoms with Crippen molar-refractivity contribution >= 4 is 17.3 Å². The Morgan fingerprint density at radius 1 is 1.00 bits per heavy atom. The molecule has 0 aliphatic rings. The normalized spacial score (nSPS) is 10.6. The Kier molecular flexibility index (Phi) is 7.27. The minimum Gasteiger partial charge on any atom is -0.375 e. The Labute approximate surface area is 138 Å². The molecule has 0 amide bonds. The lowest BCUT2D eigenvalue weighted by Gasteiger charge is -2.25. The van der Waals surface area contributed by atoms with Crippen LogP contribution in [0.15, 0.2) is 54.6 Å². The average Bonchev–Trinajstić information content (AvgIpc) is 2.55. The summed E-state index contributed by atoms with van der Waals surface area (Å²) >= 11 is 6.11. The van der Waals surface area contributed by atoms with Crippen molar-refractivity contribution in [2.24, 2.45) is 0 Å². The zero-order valence-electron chi connectivity index (χ0n) is 13.2. The van der Waals surface area contributed by atoms with Gasteiger partial charge in [0.15, 0.2) is 0 Å². The molecular formula is C19H24ClNO. The smallest absolute Gasteiger partial charge is 0.0717 e. The molecule has 22 heavy (non-hydrogen) atoms. The number of hydrogen-bond donors (Lipinski definition) is 0. The number of benzene rings is 2. The molecule has 0 saturated heterocycles. The van der Waals surface area contributed by atoms with Crippen LogP contribution in [0.4, 0.5) is 5.69 Å². The van der Waals surface area contributed by atoms with Gasteiger partial charge in [-0.1, -0.05) is 61.3 Å². The van der Waals surface area contributed by atoms with Gasteiger partial charge in [-0.3, -0.25) is 0 Å². The number of rotatable bonds is 9. The summed E-state index contributed by atoms with van der Waals surface area (Å²) in [5, 5.41) is 0.782. The van der Waals surface area contributed by atoms with Gasteiger partial charge in [0.25, 0.3) is 0 Å². The second-order valence-corrected chi connectivity index (χ2v) is 5.80. The number of hydrogen-bond acceptors (Lipinski definition) is 2. The fraction of sp³-hybridized carbons (Fsp3) is 0.368. The molecule has 2 aromatic carbocycles. The fourth-order valence-electron chi connectivity index (χ4n) is 2.33. The third-order valence-electron chi connectivity index (χ3n) is 3.57. The van der Waals surface area contributed by atoms with Gasteiger partial charge in [-0.25, -0.2) is 0 Å². The lowest BCUT2D eigenvalue weighted by molar-refractivity contribution is 0.126. The minimum atomic E-state index is 0.665. The summed E-state index contributed by atoms with van der Waals surface area (Å²) in [4.78, 5) is 2.35. The van der Waals surface area contributed by atoms with E-state index in [0.717, 1.165) is 18.1 Å². The second kappa shape index (κ2) is 9.50. The summed E-state index contributed by atoms with van der Waals surface area (Å²) < 4.78 is 5.81. The number of ether oxygens (including phenoxy) is 1. The molecule has 0 heterocycles. The maximum absolute atomic E-state index is 6.11. The first-order valence-corrected chi connectivity index (χ1v) is 8.29. The first kappa shape index (κ1) is 16.9. The molecule has 0 bridgehead atoms. The van der Waals surface area contributed by atoms with Gasteiger partial charge in [-0.05, 0) is 30.2 Å². The molecule has 0 N–H and O–H groups in total. The minimum absolute atomic E-state index is 0.665. The van der Waals surface area contributed by atoms with Gasteiger partial charge < -0.3 is 9.64 Å². The Morgan fingerprint density at radius 2 is 1.82 bits per heavy atom. The highest BCUT2D eigenvalue weighted by Crippen LogP contribution is 2.19. The van der Waals surface area contributed by atoms with Crippen molar-refractivity contribution in [3.05, 3.63) is 65.2 Å². The van der Waals surface area contributed by atoms with E-state index in [-0.39, 0.29) is 0 Å². The molecule has 0 atom stereocenters. The van der Waals surface area contributed by atoms with Crippen LogP contribution in [-0.2, 0) is 11.3 Å². The van der Waals surface area contributed by atoms with E-state index in [1.807, 2.05) is 36.4 Å². The van der Waals surface area contributed by atoms with E-state index in [1.165, 1.54) is 24.1 Å². The van der Waals surface area contributed by atoms with Crippen LogP contribution in [0, 0.1) is 0 Å². The van der Waals surface area contributed by atoms with Gasteiger partial charge in [0.1, 0.15) is 0 Å². The third-order valence-corrected chi connectivity index (χ3v) is 3.81. The van der Waals surface area contributed by atoms with Crippen molar-refractivity contribution in [1.82, 2.24) is 0 Å². The lowest BCUT2D eigenvalue weighted by Crippen LogP contribution is -2.28. The molecule has 0 radical (unpaired) electrons. The van der Waals surface area contributed by atoms with E-state index < -0.39 is 0 Å². The standard InChI is InChI=1S/C19H24ClNO/c1-2-3-12-21(19-11-7-10-18(20)15-19)13-14-22-16-17-8-5-4-6-9-17/h4-11,15H,2-3,12-14,16H2,1H3. The highest BCUT2D eigenvalue weighted by Gasteiger charge is 2.06. The maximum atomic E-state index is 6.11. The van der Waals surface area contributed by atoms with Crippen molar-refractivity contribution < 1.29 is 4.74 Å². The summed E-state index contributed by atoms with van der Waals surface area (Å²) in [5.74, 6) is 0. The van der Waals surface area contributed by atoms with Gasteiger partial charge >= 0.3 is 0 Å². The lowest BCUT2D eigenvalue weighted by atomic mass is 10.2. The summed E-state index contributed by atoms with van der Waals surface area (Å²) in [6.07, 6.45) is 2.35. The molecule has 3 heteroatoms. The summed E-state index contributed by atoms with van der Waals surface area (Å²) in [5.41, 5.74) is 2.38. The molecule has 2 rings (SSSR count). The molecule has 0 spiro atoms. The van der Waals surface area contributed by atoms with Crippen LogP contribution in [-0.4, -0.2) is 19.7 Å². The zero-order valence-corrected chi connectivity index (χ0v) is 13.9. The zero-order chi connectivity index (χ0) is 15.6.